The van der Waals surface area contributed by atoms with E-state index in [0.29, 0.717) is 42.9 Å². The van der Waals surface area contributed by atoms with E-state index in [1.807, 2.05) is 45.3 Å². The van der Waals surface area contributed by atoms with Crippen molar-refractivity contribution in [2.24, 2.45) is 14.1 Å². The summed E-state index contributed by atoms with van der Waals surface area (Å²) < 4.78 is 9.55. The van der Waals surface area contributed by atoms with Crippen molar-refractivity contribution in [1.82, 2.24) is 24.0 Å². The quantitative estimate of drug-likeness (QED) is 0.584. The molecule has 0 saturated carbocycles. The summed E-state index contributed by atoms with van der Waals surface area (Å²) in [6, 6.07) is 0. The van der Waals surface area contributed by atoms with Crippen molar-refractivity contribution in [2.45, 2.75) is 59.6 Å². The number of allylic oxidation sites excluding steroid dienone is 2. The van der Waals surface area contributed by atoms with E-state index >= 15 is 0 Å². The van der Waals surface area contributed by atoms with Crippen molar-refractivity contribution in [1.29, 1.82) is 0 Å². The summed E-state index contributed by atoms with van der Waals surface area (Å²) in [5, 5.41) is 2.72. The lowest BCUT2D eigenvalue weighted by molar-refractivity contribution is 0.0527. The maximum absolute atomic E-state index is 12.7. The summed E-state index contributed by atoms with van der Waals surface area (Å²) in [5.74, 6) is 0.696. The first-order chi connectivity index (χ1) is 13.4. The second-order valence-corrected chi connectivity index (χ2v) is 8.33. The number of aryl methyl sites for hydroxylation is 2. The molecule has 0 aromatic carbocycles. The Bertz CT molecular complexity index is 1050. The van der Waals surface area contributed by atoms with Crippen LogP contribution in [-0.4, -0.2) is 36.9 Å². The van der Waals surface area contributed by atoms with Gasteiger partial charge >= 0.3 is 11.8 Å². The van der Waals surface area contributed by atoms with E-state index in [9.17, 15) is 14.4 Å². The normalized spacial score (nSPS) is 11.6. The smallest absolute Gasteiger partial charge is 0.407 e. The highest BCUT2D eigenvalue weighted by atomic mass is 16.6. The van der Waals surface area contributed by atoms with Crippen molar-refractivity contribution in [2.75, 3.05) is 6.54 Å². The Morgan fingerprint density at radius 2 is 1.83 bits per heavy atom. The van der Waals surface area contributed by atoms with E-state index < -0.39 is 17.4 Å². The molecule has 0 aliphatic rings. The van der Waals surface area contributed by atoms with Crippen LogP contribution in [0.1, 0.15) is 46.9 Å². The Labute approximate surface area is 170 Å². The molecule has 29 heavy (non-hydrogen) atoms. The van der Waals surface area contributed by atoms with E-state index in [1.165, 1.54) is 11.6 Å². The minimum atomic E-state index is -0.548. The monoisotopic (exact) mass is 405 g/mol. The Morgan fingerprint density at radius 1 is 1.17 bits per heavy atom. The number of ether oxygens (including phenoxy) is 1. The van der Waals surface area contributed by atoms with Gasteiger partial charge in [0.1, 0.15) is 11.4 Å². The number of nitrogens with one attached hydrogen (secondary N) is 1. The van der Waals surface area contributed by atoms with Crippen LogP contribution in [0.15, 0.2) is 21.2 Å². The van der Waals surface area contributed by atoms with Crippen LogP contribution in [0.5, 0.6) is 0 Å². The largest absolute Gasteiger partial charge is 0.444 e. The van der Waals surface area contributed by atoms with E-state index in [0.717, 1.165) is 10.1 Å². The minimum absolute atomic E-state index is 0.365. The van der Waals surface area contributed by atoms with Crippen molar-refractivity contribution in [3.05, 3.63) is 38.3 Å². The van der Waals surface area contributed by atoms with Gasteiger partial charge in [0.2, 0.25) is 0 Å². The standard InChI is InChI=1S/C20H31N5O4/c1-13(2)10-12-25-14(9-8-11-21-18(27)29-20(3,4)5)22-16-15(25)17(26)24(7)19(28)23(16)6/h10H,8-9,11-12H2,1-7H3,(H,21,27). The van der Waals surface area contributed by atoms with Gasteiger partial charge in [0.05, 0.1) is 0 Å². The molecule has 9 heteroatoms. The van der Waals surface area contributed by atoms with Crippen LogP contribution in [0.25, 0.3) is 11.2 Å². The molecule has 0 aliphatic heterocycles. The maximum atomic E-state index is 12.7. The summed E-state index contributed by atoms with van der Waals surface area (Å²) in [6.45, 7) is 10.3. The number of nitrogens with zero attached hydrogens (tertiary/aromatic N) is 4. The molecular weight excluding hydrogens is 374 g/mol. The maximum Gasteiger partial charge on any atom is 0.407 e. The number of imidazole rings is 1. The number of aromatic nitrogens is 4. The predicted molar refractivity (Wildman–Crippen MR) is 112 cm³/mol. The van der Waals surface area contributed by atoms with Gasteiger partial charge in [0.15, 0.2) is 11.2 Å². The number of carbonyl (C=O) groups is 1. The molecule has 1 N–H and O–H groups in total. The summed E-state index contributed by atoms with van der Waals surface area (Å²) in [5.41, 5.74) is 0.569. The zero-order chi connectivity index (χ0) is 21.9. The van der Waals surface area contributed by atoms with Gasteiger partial charge in [-0.15, -0.1) is 0 Å². The number of alkyl carbamates (subject to hydrolysis) is 1. The van der Waals surface area contributed by atoms with E-state index in [1.54, 1.807) is 7.05 Å². The highest BCUT2D eigenvalue weighted by Crippen LogP contribution is 2.14. The fourth-order valence-electron chi connectivity index (χ4n) is 2.90. The summed E-state index contributed by atoms with van der Waals surface area (Å²) in [4.78, 5) is 41.3. The van der Waals surface area contributed by atoms with Gasteiger partial charge in [-0.3, -0.25) is 13.9 Å². The fourth-order valence-corrected chi connectivity index (χ4v) is 2.90. The molecule has 0 unspecified atom stereocenters. The lowest BCUT2D eigenvalue weighted by atomic mass is 10.2. The topological polar surface area (TPSA) is 100 Å². The first-order valence-corrected chi connectivity index (χ1v) is 9.67. The molecule has 0 spiro atoms. The number of hydrogen-bond donors (Lipinski definition) is 1. The second kappa shape index (κ2) is 8.67. The number of carbonyl (C=O) groups excluding carboxylic acids is 1. The van der Waals surface area contributed by atoms with Crippen LogP contribution in [0, 0.1) is 0 Å². The van der Waals surface area contributed by atoms with Crippen molar-refractivity contribution in [3.63, 3.8) is 0 Å². The molecule has 9 nitrogen and oxygen atoms in total. The molecule has 1 amide bonds. The number of hydrogen-bond acceptors (Lipinski definition) is 5. The van der Waals surface area contributed by atoms with Gasteiger partial charge in [0.25, 0.3) is 5.56 Å². The lowest BCUT2D eigenvalue weighted by Crippen LogP contribution is -2.37. The zero-order valence-electron chi connectivity index (χ0n) is 18.3. The molecule has 2 rings (SSSR count). The highest BCUT2D eigenvalue weighted by Gasteiger charge is 2.19. The van der Waals surface area contributed by atoms with Crippen molar-refractivity contribution in [3.8, 4) is 0 Å². The average Bonchev–Trinajstić information content (AvgIpc) is 2.97. The fraction of sp³-hybridized carbons (Fsp3) is 0.600. The number of rotatable bonds is 6. The molecule has 2 heterocycles. The van der Waals surface area contributed by atoms with E-state index in [-0.39, 0.29) is 5.56 Å². The average molecular weight is 405 g/mol. The van der Waals surface area contributed by atoms with Crippen LogP contribution in [0.3, 0.4) is 0 Å². The van der Waals surface area contributed by atoms with Gasteiger partial charge in [0, 0.05) is 33.6 Å². The third-order valence-corrected chi connectivity index (χ3v) is 4.35. The molecule has 160 valence electrons. The number of fused-ring (bicyclic) bond motifs is 1. The number of amides is 1. The third-order valence-electron chi connectivity index (χ3n) is 4.35. The van der Waals surface area contributed by atoms with Gasteiger partial charge in [-0.1, -0.05) is 11.6 Å². The van der Waals surface area contributed by atoms with E-state index in [2.05, 4.69) is 10.3 Å². The highest BCUT2D eigenvalue weighted by molar-refractivity contribution is 5.71. The van der Waals surface area contributed by atoms with Crippen molar-refractivity contribution >= 4 is 17.3 Å². The summed E-state index contributed by atoms with van der Waals surface area (Å²) in [6.07, 6.45) is 2.70. The van der Waals surface area contributed by atoms with Gasteiger partial charge < -0.3 is 14.6 Å². The molecule has 0 bridgehead atoms. The molecule has 0 radical (unpaired) electrons. The molecule has 2 aromatic heterocycles. The van der Waals surface area contributed by atoms with Crippen molar-refractivity contribution < 1.29 is 9.53 Å². The van der Waals surface area contributed by atoms with E-state index in [4.69, 9.17) is 4.74 Å². The molecule has 0 fully saturated rings. The van der Waals surface area contributed by atoms with Gasteiger partial charge in [-0.2, -0.15) is 0 Å². The molecule has 0 saturated heterocycles. The first-order valence-electron chi connectivity index (χ1n) is 9.67. The predicted octanol–water partition coefficient (Wildman–Crippen LogP) is 1.86. The molecule has 0 atom stereocenters. The Balaban J connectivity index is 2.29. The van der Waals surface area contributed by atoms with Crippen LogP contribution in [0.2, 0.25) is 0 Å². The molecular formula is C20H31N5O4. The third kappa shape index (κ3) is 5.36. The Hall–Kier alpha value is -2.84. The van der Waals surface area contributed by atoms with Crippen LogP contribution in [0.4, 0.5) is 4.79 Å². The van der Waals surface area contributed by atoms with Gasteiger partial charge in [-0.05, 0) is 41.0 Å². The molecule has 0 aliphatic carbocycles. The zero-order valence-corrected chi connectivity index (χ0v) is 18.3. The second-order valence-electron chi connectivity index (χ2n) is 8.33. The van der Waals surface area contributed by atoms with Crippen LogP contribution in [-0.2, 0) is 31.8 Å². The Kier molecular flexibility index (Phi) is 6.71. The minimum Gasteiger partial charge on any atom is -0.444 e. The summed E-state index contributed by atoms with van der Waals surface area (Å²) >= 11 is 0. The van der Waals surface area contributed by atoms with Gasteiger partial charge in [-0.25, -0.2) is 14.6 Å². The first kappa shape index (κ1) is 22.4. The molecule has 2 aromatic rings. The SMILES string of the molecule is CC(C)=CCn1c(CCCNC(=O)OC(C)(C)C)nc2c1c(=O)n(C)c(=O)n2C. The Morgan fingerprint density at radius 3 is 2.41 bits per heavy atom. The van der Waals surface area contributed by atoms with Crippen LogP contribution < -0.4 is 16.6 Å². The summed E-state index contributed by atoms with van der Waals surface area (Å²) in [7, 11) is 3.07. The van der Waals surface area contributed by atoms with Crippen LogP contribution >= 0.6 is 0 Å². The lowest BCUT2D eigenvalue weighted by Gasteiger charge is -2.19.